The van der Waals surface area contributed by atoms with Crippen molar-refractivity contribution in [3.8, 4) is 0 Å². The van der Waals surface area contributed by atoms with Gasteiger partial charge in [0.1, 0.15) is 0 Å². The first-order chi connectivity index (χ1) is 4.71. The van der Waals surface area contributed by atoms with E-state index in [4.69, 9.17) is 0 Å². The highest BCUT2D eigenvalue weighted by Gasteiger charge is 3.14. The molecule has 10 heavy (non-hydrogen) atoms. The molecule has 0 radical (unpaired) electrons. The van der Waals surface area contributed by atoms with Crippen LogP contribution < -0.4 is 0 Å². The van der Waals surface area contributed by atoms with Crippen LogP contribution in [0, 0.1) is 28.1 Å². The Hall–Kier alpha value is 0. The van der Waals surface area contributed by atoms with E-state index in [1.54, 1.807) is 19.3 Å². The van der Waals surface area contributed by atoms with Crippen molar-refractivity contribution in [2.75, 3.05) is 0 Å². The largest absolute Gasteiger partial charge is 0.0622 e. The molecule has 2 spiro atoms. The minimum Gasteiger partial charge on any atom is -0.0622 e. The SMILES string of the molecule is CC1CCC23CC24C1C34C. The van der Waals surface area contributed by atoms with Crippen molar-refractivity contribution in [2.24, 2.45) is 28.1 Å². The molecule has 54 valence electrons. The summed E-state index contributed by atoms with van der Waals surface area (Å²) in [6, 6.07) is 0. The van der Waals surface area contributed by atoms with Crippen LogP contribution in [0.5, 0.6) is 0 Å². The molecular formula is C10H14. The summed E-state index contributed by atoms with van der Waals surface area (Å²) in [5.74, 6) is 2.27. The Morgan fingerprint density at radius 3 is 2.60 bits per heavy atom. The number of hydrogen-bond donors (Lipinski definition) is 0. The first kappa shape index (κ1) is 4.79. The quantitative estimate of drug-likeness (QED) is 0.477. The molecule has 5 unspecified atom stereocenters. The predicted molar refractivity (Wildman–Crippen MR) is 39.5 cm³/mol. The molecule has 0 nitrogen and oxygen atoms in total. The molecule has 5 aliphatic carbocycles. The summed E-state index contributed by atoms with van der Waals surface area (Å²) in [6.07, 6.45) is 4.76. The van der Waals surface area contributed by atoms with Gasteiger partial charge >= 0.3 is 0 Å². The lowest BCUT2D eigenvalue weighted by atomic mass is 9.74. The van der Waals surface area contributed by atoms with Gasteiger partial charge < -0.3 is 0 Å². The summed E-state index contributed by atoms with van der Waals surface area (Å²) in [6.45, 7) is 5.02. The van der Waals surface area contributed by atoms with Crippen molar-refractivity contribution in [1.82, 2.24) is 0 Å². The monoisotopic (exact) mass is 134 g/mol. The minimum atomic E-state index is 0.914. The van der Waals surface area contributed by atoms with Crippen LogP contribution in [0.15, 0.2) is 0 Å². The van der Waals surface area contributed by atoms with E-state index >= 15 is 0 Å². The predicted octanol–water partition coefficient (Wildman–Crippen LogP) is 2.44. The summed E-state index contributed by atoms with van der Waals surface area (Å²) in [5.41, 5.74) is 2.87. The van der Waals surface area contributed by atoms with Crippen LogP contribution in [0.1, 0.15) is 33.1 Å². The zero-order chi connectivity index (χ0) is 6.78. The van der Waals surface area contributed by atoms with Crippen molar-refractivity contribution in [2.45, 2.75) is 33.1 Å². The average molecular weight is 134 g/mol. The average Bonchev–Trinajstić information content (AvgIpc) is 2.75. The summed E-state index contributed by atoms with van der Waals surface area (Å²) < 4.78 is 0. The zero-order valence-corrected chi connectivity index (χ0v) is 6.78. The van der Waals surface area contributed by atoms with Crippen LogP contribution in [-0.4, -0.2) is 0 Å². The molecule has 0 heteroatoms. The van der Waals surface area contributed by atoms with Gasteiger partial charge in [-0.1, -0.05) is 13.8 Å². The van der Waals surface area contributed by atoms with Gasteiger partial charge in [0, 0.05) is 0 Å². The van der Waals surface area contributed by atoms with Crippen molar-refractivity contribution < 1.29 is 0 Å². The first-order valence-electron chi connectivity index (χ1n) is 4.71. The lowest BCUT2D eigenvalue weighted by Crippen LogP contribution is -2.23. The second kappa shape index (κ2) is 0.790. The van der Waals surface area contributed by atoms with E-state index in [1.165, 1.54) is 5.92 Å². The molecule has 0 aromatic heterocycles. The second-order valence-corrected chi connectivity index (χ2v) is 5.43. The van der Waals surface area contributed by atoms with Crippen molar-refractivity contribution >= 4 is 0 Å². The van der Waals surface area contributed by atoms with Gasteiger partial charge in [0.2, 0.25) is 0 Å². The summed E-state index contributed by atoms with van der Waals surface area (Å²) in [7, 11) is 0. The van der Waals surface area contributed by atoms with Crippen LogP contribution in [0.3, 0.4) is 0 Å². The smallest absolute Gasteiger partial charge is 0.0131 e. The van der Waals surface area contributed by atoms with Crippen molar-refractivity contribution in [3.63, 3.8) is 0 Å². The molecule has 5 atom stereocenters. The molecule has 0 aromatic rings. The van der Waals surface area contributed by atoms with Gasteiger partial charge in [-0.3, -0.25) is 0 Å². The van der Waals surface area contributed by atoms with Crippen molar-refractivity contribution in [3.05, 3.63) is 0 Å². The molecule has 0 aromatic carbocycles. The van der Waals surface area contributed by atoms with Crippen LogP contribution in [0.25, 0.3) is 0 Å². The minimum absolute atomic E-state index is 0.914. The Morgan fingerprint density at radius 1 is 1.40 bits per heavy atom. The van der Waals surface area contributed by atoms with Gasteiger partial charge in [-0.2, -0.15) is 0 Å². The number of rotatable bonds is 0. The third-order valence-electron chi connectivity index (χ3n) is 5.83. The van der Waals surface area contributed by atoms with E-state index in [2.05, 4.69) is 13.8 Å². The van der Waals surface area contributed by atoms with Gasteiger partial charge in [-0.25, -0.2) is 0 Å². The Balaban J connectivity index is 1.90. The summed E-state index contributed by atoms with van der Waals surface area (Å²) >= 11 is 0. The molecule has 2 bridgehead atoms. The van der Waals surface area contributed by atoms with Gasteiger partial charge in [-0.05, 0) is 47.3 Å². The van der Waals surface area contributed by atoms with Crippen LogP contribution in [0.2, 0.25) is 0 Å². The molecule has 5 saturated carbocycles. The molecule has 0 aliphatic heterocycles. The highest BCUT2D eigenvalue weighted by atomic mass is 15.2. The molecule has 0 saturated heterocycles. The van der Waals surface area contributed by atoms with Gasteiger partial charge in [0.25, 0.3) is 0 Å². The summed E-state index contributed by atoms with van der Waals surface area (Å²) in [5, 5.41) is 0. The highest BCUT2D eigenvalue weighted by molar-refractivity contribution is 5.61. The number of hydrogen-bond acceptors (Lipinski definition) is 0. The Labute approximate surface area is 62.0 Å². The molecule has 0 amide bonds. The topological polar surface area (TPSA) is 0 Å². The Kier molecular flexibility index (Phi) is 0.379. The third-order valence-corrected chi connectivity index (χ3v) is 5.83. The third kappa shape index (κ3) is 0.163. The lowest BCUT2D eigenvalue weighted by Gasteiger charge is -2.30. The van der Waals surface area contributed by atoms with Gasteiger partial charge in [0.15, 0.2) is 0 Å². The van der Waals surface area contributed by atoms with E-state index in [0.29, 0.717) is 0 Å². The fraction of sp³-hybridized carbons (Fsp3) is 1.00. The molecule has 5 rings (SSSR count). The van der Waals surface area contributed by atoms with E-state index in [0.717, 1.165) is 22.2 Å². The highest BCUT2D eigenvalue weighted by Crippen LogP contribution is 3.19. The maximum atomic E-state index is 2.55. The van der Waals surface area contributed by atoms with Crippen molar-refractivity contribution in [1.29, 1.82) is 0 Å². The maximum Gasteiger partial charge on any atom is -0.0131 e. The zero-order valence-electron chi connectivity index (χ0n) is 6.78. The fourth-order valence-electron chi connectivity index (χ4n) is 5.34. The van der Waals surface area contributed by atoms with Crippen LogP contribution in [-0.2, 0) is 0 Å². The summed E-state index contributed by atoms with van der Waals surface area (Å²) in [4.78, 5) is 0. The van der Waals surface area contributed by atoms with E-state index in [-0.39, 0.29) is 0 Å². The van der Waals surface area contributed by atoms with E-state index < -0.39 is 0 Å². The fourth-order valence-corrected chi connectivity index (χ4v) is 5.34. The Bertz CT molecular complexity index is 245. The molecular weight excluding hydrogens is 120 g/mol. The van der Waals surface area contributed by atoms with E-state index in [9.17, 15) is 0 Å². The van der Waals surface area contributed by atoms with Crippen LogP contribution in [0.4, 0.5) is 0 Å². The van der Waals surface area contributed by atoms with Gasteiger partial charge in [0.05, 0.1) is 0 Å². The Morgan fingerprint density at radius 2 is 2.10 bits per heavy atom. The molecule has 0 heterocycles. The van der Waals surface area contributed by atoms with E-state index in [1.807, 2.05) is 0 Å². The van der Waals surface area contributed by atoms with Crippen LogP contribution >= 0.6 is 0 Å². The second-order valence-electron chi connectivity index (χ2n) is 5.43. The van der Waals surface area contributed by atoms with Gasteiger partial charge in [-0.15, -0.1) is 0 Å². The number of fused-ring (bicyclic) bond motifs is 2. The molecule has 5 fully saturated rings. The lowest BCUT2D eigenvalue weighted by molar-refractivity contribution is 0.183. The molecule has 0 N–H and O–H groups in total. The standard InChI is InChI=1S/C10H14/c1-6-3-4-9-5-10(9)7(6)8(9,10)2/h6-7H,3-5H2,1-2H3. The maximum absolute atomic E-state index is 2.55. The molecule has 5 aliphatic rings. The first-order valence-corrected chi connectivity index (χ1v) is 4.71. The normalized spacial score (nSPS) is 87.0.